The summed E-state index contributed by atoms with van der Waals surface area (Å²) >= 11 is 0. The number of carbonyl (C=O) groups is 1. The molecule has 0 bridgehead atoms. The molecule has 1 rings (SSSR count). The van der Waals surface area contributed by atoms with Crippen LogP contribution in [0.4, 0.5) is 4.79 Å². The van der Waals surface area contributed by atoms with Gasteiger partial charge in [-0.05, 0) is 25.0 Å². The number of hydrogen-bond donors (Lipinski definition) is 1. The molecule has 15 heavy (non-hydrogen) atoms. The molecule has 4 nitrogen and oxygen atoms in total. The van der Waals surface area contributed by atoms with E-state index in [1.54, 1.807) is 24.3 Å². The summed E-state index contributed by atoms with van der Waals surface area (Å²) in [6.07, 6.45) is 0.554. The molecule has 0 unspecified atom stereocenters. The van der Waals surface area contributed by atoms with Gasteiger partial charge in [0.15, 0.2) is 0 Å². The fraction of sp³-hybridized carbons (Fsp3) is 0.364. The average Bonchev–Trinajstić information content (AvgIpc) is 2.26. The fourth-order valence-corrected chi connectivity index (χ4v) is 0.984. The van der Waals surface area contributed by atoms with Crippen molar-refractivity contribution in [2.75, 3.05) is 13.2 Å². The monoisotopic (exact) mass is 210 g/mol. The first-order valence-corrected chi connectivity index (χ1v) is 4.83. The van der Waals surface area contributed by atoms with E-state index in [1.165, 1.54) is 0 Å². The zero-order valence-electron chi connectivity index (χ0n) is 8.39. The molecule has 0 heterocycles. The summed E-state index contributed by atoms with van der Waals surface area (Å²) in [5, 5.41) is 8.49. The second-order valence-electron chi connectivity index (χ2n) is 2.94. The number of unbranched alkanes of at least 4 members (excludes halogenated alkanes) is 1. The third-order valence-electron chi connectivity index (χ3n) is 1.72. The maximum atomic E-state index is 11.1. The molecule has 1 aromatic rings. The van der Waals surface area contributed by atoms with Gasteiger partial charge >= 0.3 is 6.16 Å². The number of hydrogen-bond acceptors (Lipinski definition) is 4. The zero-order chi connectivity index (χ0) is 10.9. The summed E-state index contributed by atoms with van der Waals surface area (Å²) in [7, 11) is 0. The Labute approximate surface area is 88.4 Å². The molecule has 0 radical (unpaired) electrons. The molecule has 0 fully saturated rings. The molecule has 0 aliphatic heterocycles. The average molecular weight is 210 g/mol. The van der Waals surface area contributed by atoms with E-state index >= 15 is 0 Å². The van der Waals surface area contributed by atoms with Crippen LogP contribution in [-0.2, 0) is 4.74 Å². The van der Waals surface area contributed by atoms with Crippen molar-refractivity contribution in [1.82, 2.24) is 0 Å². The Hall–Kier alpha value is -1.55. The Bertz CT molecular complexity index is 284. The quantitative estimate of drug-likeness (QED) is 0.458. The summed E-state index contributed by atoms with van der Waals surface area (Å²) in [5.74, 6) is 0.463. The van der Waals surface area contributed by atoms with Crippen molar-refractivity contribution in [3.05, 3.63) is 30.3 Å². The first-order chi connectivity index (χ1) is 7.33. The number of para-hydroxylation sites is 1. The van der Waals surface area contributed by atoms with Crippen LogP contribution in [0.25, 0.3) is 0 Å². The van der Waals surface area contributed by atoms with E-state index in [4.69, 9.17) is 14.6 Å². The molecule has 4 heteroatoms. The van der Waals surface area contributed by atoms with E-state index in [2.05, 4.69) is 0 Å². The van der Waals surface area contributed by atoms with E-state index in [9.17, 15) is 4.79 Å². The molecule has 1 aromatic carbocycles. The lowest BCUT2D eigenvalue weighted by Crippen LogP contribution is -2.11. The van der Waals surface area contributed by atoms with Gasteiger partial charge in [-0.3, -0.25) is 0 Å². The SMILES string of the molecule is O=C(OCCCCO)Oc1ccccc1. The number of ether oxygens (including phenoxy) is 2. The van der Waals surface area contributed by atoms with Crippen LogP contribution in [-0.4, -0.2) is 24.5 Å². The van der Waals surface area contributed by atoms with Gasteiger partial charge in [-0.1, -0.05) is 18.2 Å². The molecule has 0 aliphatic rings. The van der Waals surface area contributed by atoms with Crippen LogP contribution in [0.3, 0.4) is 0 Å². The molecule has 0 spiro atoms. The highest BCUT2D eigenvalue weighted by Crippen LogP contribution is 2.09. The second kappa shape index (κ2) is 6.84. The zero-order valence-corrected chi connectivity index (χ0v) is 8.39. The molecule has 0 aromatic heterocycles. The minimum absolute atomic E-state index is 0.108. The smallest absolute Gasteiger partial charge is 0.434 e. The minimum atomic E-state index is -0.709. The third kappa shape index (κ3) is 5.02. The predicted octanol–water partition coefficient (Wildman–Crippen LogP) is 1.97. The molecule has 0 aliphatic carbocycles. The van der Waals surface area contributed by atoms with Crippen LogP contribution in [0, 0.1) is 0 Å². The fourth-order valence-electron chi connectivity index (χ4n) is 0.984. The standard InChI is InChI=1S/C11H14O4/c12-8-4-5-9-14-11(13)15-10-6-2-1-3-7-10/h1-3,6-7,12H,4-5,8-9H2. The number of aliphatic hydroxyl groups is 1. The molecule has 1 N–H and O–H groups in total. The van der Waals surface area contributed by atoms with Crippen LogP contribution in [0.1, 0.15) is 12.8 Å². The van der Waals surface area contributed by atoms with E-state index in [0.29, 0.717) is 18.6 Å². The molecule has 0 atom stereocenters. The summed E-state index contributed by atoms with van der Waals surface area (Å²) in [6.45, 7) is 0.378. The normalized spacial score (nSPS) is 9.67. The Balaban J connectivity index is 2.19. The molecular formula is C11H14O4. The third-order valence-corrected chi connectivity index (χ3v) is 1.72. The van der Waals surface area contributed by atoms with Crippen molar-refractivity contribution in [2.24, 2.45) is 0 Å². The van der Waals surface area contributed by atoms with Gasteiger partial charge in [-0.25, -0.2) is 4.79 Å². The van der Waals surface area contributed by atoms with Crippen molar-refractivity contribution < 1.29 is 19.4 Å². The summed E-state index contributed by atoms with van der Waals surface area (Å²) in [6, 6.07) is 8.73. The topological polar surface area (TPSA) is 55.8 Å². The summed E-state index contributed by atoms with van der Waals surface area (Å²) in [5.41, 5.74) is 0. The Morgan fingerprint density at radius 1 is 1.20 bits per heavy atom. The first-order valence-electron chi connectivity index (χ1n) is 4.83. The minimum Gasteiger partial charge on any atom is -0.434 e. The second-order valence-corrected chi connectivity index (χ2v) is 2.94. The molecule has 0 saturated carbocycles. The van der Waals surface area contributed by atoms with Gasteiger partial charge in [0.25, 0.3) is 0 Å². The van der Waals surface area contributed by atoms with Gasteiger partial charge in [0.1, 0.15) is 5.75 Å². The molecular weight excluding hydrogens is 196 g/mol. The number of benzene rings is 1. The summed E-state index contributed by atoms with van der Waals surface area (Å²) < 4.78 is 9.65. The van der Waals surface area contributed by atoms with Gasteiger partial charge in [-0.2, -0.15) is 0 Å². The Morgan fingerprint density at radius 2 is 1.93 bits per heavy atom. The Morgan fingerprint density at radius 3 is 2.60 bits per heavy atom. The van der Waals surface area contributed by atoms with Gasteiger partial charge < -0.3 is 14.6 Å². The van der Waals surface area contributed by atoms with E-state index < -0.39 is 6.16 Å². The maximum absolute atomic E-state index is 11.1. The lowest BCUT2D eigenvalue weighted by Gasteiger charge is -2.04. The van der Waals surface area contributed by atoms with E-state index in [0.717, 1.165) is 0 Å². The number of aliphatic hydroxyl groups excluding tert-OH is 1. The van der Waals surface area contributed by atoms with Crippen LogP contribution >= 0.6 is 0 Å². The lowest BCUT2D eigenvalue weighted by atomic mass is 10.3. The summed E-state index contributed by atoms with van der Waals surface area (Å²) in [4.78, 5) is 11.1. The highest BCUT2D eigenvalue weighted by atomic mass is 16.7. The lowest BCUT2D eigenvalue weighted by molar-refractivity contribution is 0.0957. The van der Waals surface area contributed by atoms with Gasteiger partial charge in [0, 0.05) is 6.61 Å². The van der Waals surface area contributed by atoms with E-state index in [-0.39, 0.29) is 13.2 Å². The van der Waals surface area contributed by atoms with Gasteiger partial charge in [-0.15, -0.1) is 0 Å². The van der Waals surface area contributed by atoms with Crippen molar-refractivity contribution in [3.63, 3.8) is 0 Å². The highest BCUT2D eigenvalue weighted by Gasteiger charge is 2.04. The van der Waals surface area contributed by atoms with Gasteiger partial charge in [0.05, 0.1) is 6.61 Å². The van der Waals surface area contributed by atoms with Crippen molar-refractivity contribution in [1.29, 1.82) is 0 Å². The van der Waals surface area contributed by atoms with Crippen LogP contribution in [0.2, 0.25) is 0 Å². The first kappa shape index (κ1) is 11.5. The van der Waals surface area contributed by atoms with E-state index in [1.807, 2.05) is 6.07 Å². The molecule has 0 amide bonds. The number of rotatable bonds is 5. The molecule has 0 saturated heterocycles. The van der Waals surface area contributed by atoms with Crippen LogP contribution < -0.4 is 4.74 Å². The van der Waals surface area contributed by atoms with Crippen LogP contribution in [0.15, 0.2) is 30.3 Å². The highest BCUT2D eigenvalue weighted by molar-refractivity contribution is 5.63. The van der Waals surface area contributed by atoms with Crippen molar-refractivity contribution >= 4 is 6.16 Å². The van der Waals surface area contributed by atoms with Crippen LogP contribution in [0.5, 0.6) is 5.75 Å². The largest absolute Gasteiger partial charge is 0.513 e. The Kier molecular flexibility index (Phi) is 5.25. The van der Waals surface area contributed by atoms with Gasteiger partial charge in [0.2, 0.25) is 0 Å². The predicted molar refractivity (Wildman–Crippen MR) is 54.7 cm³/mol. The maximum Gasteiger partial charge on any atom is 0.513 e. The van der Waals surface area contributed by atoms with Crippen molar-refractivity contribution in [2.45, 2.75) is 12.8 Å². The van der Waals surface area contributed by atoms with Crippen molar-refractivity contribution in [3.8, 4) is 5.75 Å². The number of carbonyl (C=O) groups excluding carboxylic acids is 1. The molecule has 82 valence electrons.